The molecule has 2 aliphatic rings. The summed E-state index contributed by atoms with van der Waals surface area (Å²) in [6, 6.07) is 7.89. The van der Waals surface area contributed by atoms with E-state index in [-0.39, 0.29) is 29.2 Å². The molecule has 1 saturated heterocycles. The Balaban J connectivity index is 1.31. The van der Waals surface area contributed by atoms with Gasteiger partial charge in [0.2, 0.25) is 5.91 Å². The highest BCUT2D eigenvalue weighted by Gasteiger charge is 2.47. The van der Waals surface area contributed by atoms with Crippen molar-refractivity contribution in [3.63, 3.8) is 0 Å². The van der Waals surface area contributed by atoms with Gasteiger partial charge in [-0.1, -0.05) is 0 Å². The Morgan fingerprint density at radius 3 is 2.18 bits per heavy atom. The molecule has 1 aromatic carbocycles. The molecule has 1 aliphatic carbocycles. The minimum Gasteiger partial charge on any atom is -0.469 e. The first-order chi connectivity index (χ1) is 13.3. The highest BCUT2D eigenvalue weighted by Crippen LogP contribution is 2.48. The van der Waals surface area contributed by atoms with Crippen LogP contribution in [0.15, 0.2) is 47.1 Å². The quantitative estimate of drug-likeness (QED) is 0.805. The van der Waals surface area contributed by atoms with E-state index >= 15 is 0 Å². The van der Waals surface area contributed by atoms with Crippen LogP contribution in [0.1, 0.15) is 34.0 Å². The third kappa shape index (κ3) is 3.63. The van der Waals surface area contributed by atoms with E-state index in [9.17, 15) is 22.8 Å². The number of rotatable bonds is 3. The molecular weight excluding hydrogens is 373 g/mol. The van der Waals surface area contributed by atoms with E-state index in [0.717, 1.165) is 24.3 Å². The van der Waals surface area contributed by atoms with Crippen LogP contribution < -0.4 is 0 Å². The maximum Gasteiger partial charge on any atom is 0.416 e. The normalized spacial score (nSPS) is 22.2. The number of furan rings is 1. The molecule has 5 nitrogen and oxygen atoms in total. The van der Waals surface area contributed by atoms with E-state index < -0.39 is 11.7 Å². The van der Waals surface area contributed by atoms with E-state index in [1.165, 1.54) is 12.1 Å². The van der Waals surface area contributed by atoms with E-state index in [4.69, 9.17) is 4.42 Å². The summed E-state index contributed by atoms with van der Waals surface area (Å²) in [6.45, 7) is 1.58. The second-order valence-corrected chi connectivity index (χ2v) is 7.16. The molecule has 0 spiro atoms. The average Bonchev–Trinajstić information content (AvgIpc) is 3.31. The van der Waals surface area contributed by atoms with Crippen LogP contribution in [-0.4, -0.2) is 47.8 Å². The van der Waals surface area contributed by atoms with Crippen molar-refractivity contribution in [2.24, 2.45) is 5.92 Å². The van der Waals surface area contributed by atoms with Crippen molar-refractivity contribution >= 4 is 11.8 Å². The Morgan fingerprint density at radius 1 is 0.964 bits per heavy atom. The zero-order chi connectivity index (χ0) is 19.9. The summed E-state index contributed by atoms with van der Waals surface area (Å²) in [6.07, 6.45) is -2.05. The van der Waals surface area contributed by atoms with Crippen LogP contribution in [0.4, 0.5) is 13.2 Å². The molecule has 1 aromatic heterocycles. The Kier molecular flexibility index (Phi) is 4.64. The van der Waals surface area contributed by atoms with Crippen LogP contribution >= 0.6 is 0 Å². The third-order valence-electron chi connectivity index (χ3n) is 5.35. The number of hydrogen-bond acceptors (Lipinski definition) is 3. The minimum absolute atomic E-state index is 0.0664. The van der Waals surface area contributed by atoms with Gasteiger partial charge in [-0.15, -0.1) is 0 Å². The molecule has 8 heteroatoms. The van der Waals surface area contributed by atoms with Gasteiger partial charge in [-0.05, 0) is 42.8 Å². The van der Waals surface area contributed by atoms with Gasteiger partial charge in [0.1, 0.15) is 5.76 Å². The molecule has 28 heavy (non-hydrogen) atoms. The fourth-order valence-corrected chi connectivity index (χ4v) is 3.63. The van der Waals surface area contributed by atoms with Crippen LogP contribution in [-0.2, 0) is 11.0 Å². The first-order valence-electron chi connectivity index (χ1n) is 9.13. The van der Waals surface area contributed by atoms with Gasteiger partial charge in [0.15, 0.2) is 0 Å². The molecule has 0 bridgehead atoms. The lowest BCUT2D eigenvalue weighted by Gasteiger charge is -2.35. The number of carbonyl (C=O) groups is 2. The summed E-state index contributed by atoms with van der Waals surface area (Å²) in [5.74, 6) is 0.649. The first kappa shape index (κ1) is 18.6. The minimum atomic E-state index is -4.43. The van der Waals surface area contributed by atoms with E-state index in [0.29, 0.717) is 26.2 Å². The standard InChI is InChI=1S/C20H19F3N2O3/c21-20(22,23)14-5-3-13(4-6-14)18(26)24-7-9-25(10-8-24)19(27)16-12-15(16)17-2-1-11-28-17/h1-6,11,15-16H,7-10,12H2. The van der Waals surface area contributed by atoms with E-state index in [1.807, 2.05) is 6.07 Å². The SMILES string of the molecule is O=C(c1ccc(C(F)(F)F)cc1)N1CCN(C(=O)C2CC2c2ccco2)CC1. The largest absolute Gasteiger partial charge is 0.469 e. The van der Waals surface area contributed by atoms with Crippen molar-refractivity contribution < 1.29 is 27.2 Å². The summed E-state index contributed by atoms with van der Waals surface area (Å²) in [4.78, 5) is 28.5. The highest BCUT2D eigenvalue weighted by molar-refractivity contribution is 5.94. The molecule has 1 saturated carbocycles. The molecule has 0 N–H and O–H groups in total. The molecule has 2 fully saturated rings. The predicted molar refractivity (Wildman–Crippen MR) is 93.5 cm³/mol. The van der Waals surface area contributed by atoms with Gasteiger partial charge in [-0.2, -0.15) is 13.2 Å². The molecule has 2 atom stereocenters. The smallest absolute Gasteiger partial charge is 0.416 e. The van der Waals surface area contributed by atoms with Gasteiger partial charge in [0.25, 0.3) is 5.91 Å². The monoisotopic (exact) mass is 392 g/mol. The summed E-state index contributed by atoms with van der Waals surface area (Å²) in [5, 5.41) is 0. The maximum absolute atomic E-state index is 12.6. The molecule has 1 aliphatic heterocycles. The zero-order valence-corrected chi connectivity index (χ0v) is 15.0. The summed E-state index contributed by atoms with van der Waals surface area (Å²) in [7, 11) is 0. The van der Waals surface area contributed by atoms with Crippen molar-refractivity contribution in [1.82, 2.24) is 9.80 Å². The average molecular weight is 392 g/mol. The predicted octanol–water partition coefficient (Wildman–Crippen LogP) is 3.39. The lowest BCUT2D eigenvalue weighted by molar-refractivity contribution is -0.137. The Labute approximate surface area is 159 Å². The van der Waals surface area contributed by atoms with Crippen LogP contribution in [0.2, 0.25) is 0 Å². The zero-order valence-electron chi connectivity index (χ0n) is 15.0. The molecule has 2 unspecified atom stereocenters. The van der Waals surface area contributed by atoms with Crippen molar-refractivity contribution in [1.29, 1.82) is 0 Å². The highest BCUT2D eigenvalue weighted by atomic mass is 19.4. The van der Waals surface area contributed by atoms with Crippen molar-refractivity contribution in [2.45, 2.75) is 18.5 Å². The van der Waals surface area contributed by atoms with Crippen LogP contribution in [0.5, 0.6) is 0 Å². The number of carbonyl (C=O) groups excluding carboxylic acids is 2. The lowest BCUT2D eigenvalue weighted by Crippen LogP contribution is -2.51. The van der Waals surface area contributed by atoms with Gasteiger partial charge < -0.3 is 14.2 Å². The lowest BCUT2D eigenvalue weighted by atomic mass is 10.1. The number of amides is 2. The maximum atomic E-state index is 12.6. The van der Waals surface area contributed by atoms with Crippen LogP contribution in [0.25, 0.3) is 0 Å². The van der Waals surface area contributed by atoms with E-state index in [1.54, 1.807) is 22.1 Å². The topological polar surface area (TPSA) is 53.8 Å². The number of piperazine rings is 1. The Bertz CT molecular complexity index is 854. The molecule has 148 valence electrons. The molecule has 2 amide bonds. The van der Waals surface area contributed by atoms with Crippen molar-refractivity contribution in [3.8, 4) is 0 Å². The second-order valence-electron chi connectivity index (χ2n) is 7.16. The summed E-state index contributed by atoms with van der Waals surface area (Å²) >= 11 is 0. The number of benzene rings is 1. The number of hydrogen-bond donors (Lipinski definition) is 0. The second kappa shape index (κ2) is 7.00. The number of halogens is 3. The van der Waals surface area contributed by atoms with Gasteiger partial charge in [0, 0.05) is 43.6 Å². The summed E-state index contributed by atoms with van der Waals surface area (Å²) in [5.41, 5.74) is -0.567. The third-order valence-corrected chi connectivity index (χ3v) is 5.35. The summed E-state index contributed by atoms with van der Waals surface area (Å²) < 4.78 is 43.3. The van der Waals surface area contributed by atoms with Gasteiger partial charge in [0.05, 0.1) is 11.8 Å². The fraction of sp³-hybridized carbons (Fsp3) is 0.400. The van der Waals surface area contributed by atoms with Crippen molar-refractivity contribution in [2.75, 3.05) is 26.2 Å². The van der Waals surface area contributed by atoms with E-state index in [2.05, 4.69) is 0 Å². The van der Waals surface area contributed by atoms with Gasteiger partial charge in [-0.3, -0.25) is 9.59 Å². The molecule has 2 heterocycles. The number of nitrogens with zero attached hydrogens (tertiary/aromatic N) is 2. The van der Waals surface area contributed by atoms with Gasteiger partial charge >= 0.3 is 6.18 Å². The number of alkyl halides is 3. The van der Waals surface area contributed by atoms with Crippen molar-refractivity contribution in [3.05, 3.63) is 59.5 Å². The first-order valence-corrected chi connectivity index (χ1v) is 9.13. The Hall–Kier alpha value is -2.77. The van der Waals surface area contributed by atoms with Gasteiger partial charge in [-0.25, -0.2) is 0 Å². The Morgan fingerprint density at radius 2 is 1.61 bits per heavy atom. The molecule has 2 aromatic rings. The van der Waals surface area contributed by atoms with Crippen LogP contribution in [0.3, 0.4) is 0 Å². The molecule has 4 rings (SSSR count). The van der Waals surface area contributed by atoms with Crippen LogP contribution in [0, 0.1) is 5.92 Å². The molecule has 0 radical (unpaired) electrons. The molecular formula is C20H19F3N2O3. The fourth-order valence-electron chi connectivity index (χ4n) is 3.63.